The topological polar surface area (TPSA) is 12.5 Å². The lowest BCUT2D eigenvalue weighted by molar-refractivity contribution is 0.0788. The van der Waals surface area contributed by atoms with E-state index in [0.717, 1.165) is 13.1 Å². The van der Waals surface area contributed by atoms with E-state index < -0.39 is 0 Å². The predicted octanol–water partition coefficient (Wildman–Crippen LogP) is 1.52. The lowest BCUT2D eigenvalue weighted by Crippen LogP contribution is -2.51. The van der Waals surface area contributed by atoms with Gasteiger partial charge in [0.15, 0.2) is 0 Å². The van der Waals surface area contributed by atoms with Crippen molar-refractivity contribution in [1.82, 2.24) is 0 Å². The van der Waals surface area contributed by atoms with Crippen molar-refractivity contribution in [2.75, 3.05) is 25.1 Å². The molecule has 2 rings (SSSR count). The van der Waals surface area contributed by atoms with Crippen molar-refractivity contribution in [2.45, 2.75) is 6.10 Å². The Balaban J connectivity index is 1.97. The highest BCUT2D eigenvalue weighted by atomic mass is 16.5. The van der Waals surface area contributed by atoms with Crippen molar-refractivity contribution >= 4 is 5.69 Å². The third-order valence-electron chi connectivity index (χ3n) is 2.30. The van der Waals surface area contributed by atoms with E-state index in [0.29, 0.717) is 6.10 Å². The highest BCUT2D eigenvalue weighted by Crippen LogP contribution is 2.20. The SMILES string of the molecule is COC1CN(c2ccccc2)C1. The van der Waals surface area contributed by atoms with Gasteiger partial charge in [0.1, 0.15) is 0 Å². The minimum Gasteiger partial charge on any atom is -0.378 e. The summed E-state index contributed by atoms with van der Waals surface area (Å²) in [5, 5.41) is 0. The van der Waals surface area contributed by atoms with Crippen LogP contribution in [0.5, 0.6) is 0 Å². The van der Waals surface area contributed by atoms with Gasteiger partial charge < -0.3 is 9.64 Å². The summed E-state index contributed by atoms with van der Waals surface area (Å²) in [5.41, 5.74) is 1.30. The quantitative estimate of drug-likeness (QED) is 0.655. The van der Waals surface area contributed by atoms with Gasteiger partial charge in [-0.1, -0.05) is 18.2 Å². The molecule has 2 heteroatoms. The van der Waals surface area contributed by atoms with Crippen LogP contribution in [0.4, 0.5) is 5.69 Å². The Labute approximate surface area is 72.8 Å². The molecule has 1 heterocycles. The van der Waals surface area contributed by atoms with Gasteiger partial charge in [0.05, 0.1) is 6.10 Å². The lowest BCUT2D eigenvalue weighted by atomic mass is 10.1. The first-order chi connectivity index (χ1) is 5.90. The third kappa shape index (κ3) is 1.30. The zero-order valence-corrected chi connectivity index (χ0v) is 7.23. The van der Waals surface area contributed by atoms with Crippen LogP contribution in [0.25, 0.3) is 0 Å². The number of ether oxygens (including phenoxy) is 1. The van der Waals surface area contributed by atoms with Crippen molar-refractivity contribution in [3.05, 3.63) is 30.3 Å². The van der Waals surface area contributed by atoms with Crippen LogP contribution >= 0.6 is 0 Å². The van der Waals surface area contributed by atoms with Crippen molar-refractivity contribution < 1.29 is 4.74 Å². The van der Waals surface area contributed by atoms with Gasteiger partial charge in [-0.25, -0.2) is 0 Å². The van der Waals surface area contributed by atoms with Crippen LogP contribution in [0.15, 0.2) is 30.3 Å². The fourth-order valence-electron chi connectivity index (χ4n) is 1.44. The molecule has 1 aromatic rings. The molecular weight excluding hydrogens is 150 g/mol. The molecule has 12 heavy (non-hydrogen) atoms. The first kappa shape index (κ1) is 7.62. The molecular formula is C10H13NO. The maximum Gasteiger partial charge on any atom is 0.0920 e. The molecule has 1 aromatic carbocycles. The van der Waals surface area contributed by atoms with E-state index in [1.165, 1.54) is 5.69 Å². The van der Waals surface area contributed by atoms with E-state index in [4.69, 9.17) is 4.74 Å². The molecule has 64 valence electrons. The van der Waals surface area contributed by atoms with Crippen molar-refractivity contribution in [3.63, 3.8) is 0 Å². The van der Waals surface area contributed by atoms with Gasteiger partial charge in [0, 0.05) is 25.9 Å². The van der Waals surface area contributed by atoms with Gasteiger partial charge in [-0.05, 0) is 12.1 Å². The van der Waals surface area contributed by atoms with Crippen LogP contribution in [-0.2, 0) is 4.74 Å². The van der Waals surface area contributed by atoms with Gasteiger partial charge in [-0.3, -0.25) is 0 Å². The Kier molecular flexibility index (Phi) is 2.00. The molecule has 0 atom stereocenters. The first-order valence-corrected chi connectivity index (χ1v) is 4.23. The number of anilines is 1. The van der Waals surface area contributed by atoms with Crippen LogP contribution in [0.3, 0.4) is 0 Å². The zero-order chi connectivity index (χ0) is 8.39. The minimum atomic E-state index is 0.435. The molecule has 0 amide bonds. The van der Waals surface area contributed by atoms with Gasteiger partial charge in [0.25, 0.3) is 0 Å². The van der Waals surface area contributed by atoms with Crippen molar-refractivity contribution in [1.29, 1.82) is 0 Å². The smallest absolute Gasteiger partial charge is 0.0920 e. The average molecular weight is 163 g/mol. The maximum atomic E-state index is 5.20. The van der Waals surface area contributed by atoms with E-state index in [1.54, 1.807) is 7.11 Å². The number of hydrogen-bond donors (Lipinski definition) is 0. The fraction of sp³-hybridized carbons (Fsp3) is 0.400. The van der Waals surface area contributed by atoms with Crippen LogP contribution in [0.2, 0.25) is 0 Å². The summed E-state index contributed by atoms with van der Waals surface area (Å²) in [6.07, 6.45) is 0.435. The predicted molar refractivity (Wildman–Crippen MR) is 49.5 cm³/mol. The summed E-state index contributed by atoms with van der Waals surface area (Å²) in [5.74, 6) is 0. The minimum absolute atomic E-state index is 0.435. The number of rotatable bonds is 2. The lowest BCUT2D eigenvalue weighted by Gasteiger charge is -2.39. The van der Waals surface area contributed by atoms with Crippen LogP contribution in [-0.4, -0.2) is 26.3 Å². The summed E-state index contributed by atoms with van der Waals surface area (Å²) < 4.78 is 5.20. The van der Waals surface area contributed by atoms with E-state index in [-0.39, 0.29) is 0 Å². The summed E-state index contributed by atoms with van der Waals surface area (Å²) >= 11 is 0. The summed E-state index contributed by atoms with van der Waals surface area (Å²) in [6, 6.07) is 10.4. The molecule has 0 saturated carbocycles. The first-order valence-electron chi connectivity index (χ1n) is 4.23. The number of methoxy groups -OCH3 is 1. The highest BCUT2D eigenvalue weighted by Gasteiger charge is 2.25. The van der Waals surface area contributed by atoms with Crippen molar-refractivity contribution in [2.24, 2.45) is 0 Å². The largest absolute Gasteiger partial charge is 0.378 e. The van der Waals surface area contributed by atoms with Crippen molar-refractivity contribution in [3.8, 4) is 0 Å². The van der Waals surface area contributed by atoms with E-state index >= 15 is 0 Å². The Morgan fingerprint density at radius 1 is 1.25 bits per heavy atom. The Morgan fingerprint density at radius 2 is 1.92 bits per heavy atom. The molecule has 1 saturated heterocycles. The number of nitrogens with zero attached hydrogens (tertiary/aromatic N) is 1. The third-order valence-corrected chi connectivity index (χ3v) is 2.30. The Morgan fingerprint density at radius 3 is 2.50 bits per heavy atom. The van der Waals surface area contributed by atoms with Crippen LogP contribution in [0.1, 0.15) is 0 Å². The number of benzene rings is 1. The van der Waals surface area contributed by atoms with E-state index in [9.17, 15) is 0 Å². The molecule has 0 aliphatic carbocycles. The second-order valence-electron chi connectivity index (χ2n) is 3.10. The molecule has 0 N–H and O–H groups in total. The highest BCUT2D eigenvalue weighted by molar-refractivity contribution is 5.48. The van der Waals surface area contributed by atoms with E-state index in [2.05, 4.69) is 29.2 Å². The molecule has 2 nitrogen and oxygen atoms in total. The number of para-hydroxylation sites is 1. The summed E-state index contributed by atoms with van der Waals surface area (Å²) in [4.78, 5) is 2.31. The van der Waals surface area contributed by atoms with Gasteiger partial charge >= 0.3 is 0 Å². The Hall–Kier alpha value is -1.02. The monoisotopic (exact) mass is 163 g/mol. The molecule has 0 radical (unpaired) electrons. The van der Waals surface area contributed by atoms with Crippen LogP contribution in [0, 0.1) is 0 Å². The number of hydrogen-bond acceptors (Lipinski definition) is 2. The Bertz CT molecular complexity index is 241. The molecule has 0 bridgehead atoms. The second-order valence-corrected chi connectivity index (χ2v) is 3.10. The van der Waals surface area contributed by atoms with E-state index in [1.807, 2.05) is 6.07 Å². The summed E-state index contributed by atoms with van der Waals surface area (Å²) in [6.45, 7) is 2.06. The molecule has 0 spiro atoms. The van der Waals surface area contributed by atoms with Gasteiger partial charge in [0.2, 0.25) is 0 Å². The molecule has 1 aliphatic rings. The van der Waals surface area contributed by atoms with Gasteiger partial charge in [-0.15, -0.1) is 0 Å². The molecule has 1 fully saturated rings. The summed E-state index contributed by atoms with van der Waals surface area (Å²) in [7, 11) is 1.77. The zero-order valence-electron chi connectivity index (χ0n) is 7.23. The second kappa shape index (κ2) is 3.15. The molecule has 0 aromatic heterocycles. The van der Waals surface area contributed by atoms with Crippen LogP contribution < -0.4 is 4.90 Å². The molecule has 0 unspecified atom stereocenters. The molecule has 1 aliphatic heterocycles. The van der Waals surface area contributed by atoms with Gasteiger partial charge in [-0.2, -0.15) is 0 Å². The fourth-order valence-corrected chi connectivity index (χ4v) is 1.44. The normalized spacial score (nSPS) is 17.6. The maximum absolute atomic E-state index is 5.20. The standard InChI is InChI=1S/C10H13NO/c1-12-10-7-11(8-10)9-5-3-2-4-6-9/h2-6,10H,7-8H2,1H3. The average Bonchev–Trinajstić information content (AvgIpc) is 2.04.